The van der Waals surface area contributed by atoms with E-state index in [9.17, 15) is 9.90 Å². The van der Waals surface area contributed by atoms with Gasteiger partial charge in [0.25, 0.3) is 5.56 Å². The number of piperidine rings is 1. The fourth-order valence-corrected chi connectivity index (χ4v) is 5.60. The number of aromatic nitrogens is 2. The first-order valence-corrected chi connectivity index (χ1v) is 13.8. The van der Waals surface area contributed by atoms with Crippen molar-refractivity contribution in [3.05, 3.63) is 52.6 Å². The lowest BCUT2D eigenvalue weighted by Crippen LogP contribution is -2.56. The molecule has 2 aliphatic heterocycles. The summed E-state index contributed by atoms with van der Waals surface area (Å²) in [6.07, 6.45) is 6.58. The molecule has 0 bridgehead atoms. The average molecular weight is 523 g/mol. The summed E-state index contributed by atoms with van der Waals surface area (Å²) >= 11 is 0. The summed E-state index contributed by atoms with van der Waals surface area (Å²) in [7, 11) is 1.75. The van der Waals surface area contributed by atoms with Gasteiger partial charge in [-0.05, 0) is 63.5 Å². The van der Waals surface area contributed by atoms with Crippen molar-refractivity contribution in [2.75, 3.05) is 39.3 Å². The quantitative estimate of drug-likeness (QED) is 0.398. The monoisotopic (exact) mass is 522 g/mol. The van der Waals surface area contributed by atoms with Gasteiger partial charge in [0.1, 0.15) is 11.3 Å². The molecule has 8 heteroatoms. The summed E-state index contributed by atoms with van der Waals surface area (Å²) < 4.78 is 14.4. The Morgan fingerprint density at radius 1 is 1.05 bits per heavy atom. The van der Waals surface area contributed by atoms with Gasteiger partial charge in [-0.15, -0.1) is 0 Å². The number of aryl methyl sites for hydroxylation is 1. The van der Waals surface area contributed by atoms with E-state index in [2.05, 4.69) is 29.0 Å². The largest absolute Gasteiger partial charge is 0.492 e. The first-order chi connectivity index (χ1) is 18.0. The van der Waals surface area contributed by atoms with Crippen molar-refractivity contribution in [2.45, 2.75) is 58.3 Å². The van der Waals surface area contributed by atoms with Gasteiger partial charge >= 0.3 is 0 Å². The summed E-state index contributed by atoms with van der Waals surface area (Å²) in [5, 5.41) is 15.0. The number of benzene rings is 1. The Kier molecular flexibility index (Phi) is 7.44. The molecule has 0 spiro atoms. The van der Waals surface area contributed by atoms with E-state index in [-0.39, 0.29) is 11.0 Å². The van der Waals surface area contributed by atoms with Gasteiger partial charge in [-0.1, -0.05) is 19.9 Å². The molecule has 3 aromatic rings. The minimum absolute atomic E-state index is 0.0706. The maximum absolute atomic E-state index is 12.7. The summed E-state index contributed by atoms with van der Waals surface area (Å²) in [6, 6.07) is 7.75. The first-order valence-electron chi connectivity index (χ1n) is 13.8. The van der Waals surface area contributed by atoms with Gasteiger partial charge < -0.3 is 29.4 Å². The molecule has 38 heavy (non-hydrogen) atoms. The highest BCUT2D eigenvalue weighted by molar-refractivity contribution is 5.95. The van der Waals surface area contributed by atoms with Gasteiger partial charge in [-0.3, -0.25) is 9.69 Å². The van der Waals surface area contributed by atoms with E-state index in [4.69, 9.17) is 9.47 Å². The Labute approximate surface area is 224 Å². The van der Waals surface area contributed by atoms with E-state index in [1.807, 2.05) is 30.5 Å². The summed E-state index contributed by atoms with van der Waals surface area (Å²) in [4.78, 5) is 18.2. The van der Waals surface area contributed by atoms with Crippen LogP contribution in [0.1, 0.15) is 46.1 Å². The SMILES string of the molecule is Cn1cc(-c2cc(C(C)(C)O)ccc2OCC(C)(C)CN2CC(OC3CCNCC3)C2)c2cc[nH]c2c1=O. The topological polar surface area (TPSA) is 91.8 Å². The molecular weight excluding hydrogens is 480 g/mol. The number of fused-ring (bicyclic) bond motifs is 1. The zero-order valence-electron chi connectivity index (χ0n) is 23.3. The van der Waals surface area contributed by atoms with Gasteiger partial charge in [0, 0.05) is 61.0 Å². The highest BCUT2D eigenvalue weighted by Gasteiger charge is 2.34. The molecule has 2 aliphatic rings. The van der Waals surface area contributed by atoms with E-state index >= 15 is 0 Å². The molecule has 0 radical (unpaired) electrons. The number of likely N-dealkylation sites (tertiary alicyclic amines) is 1. The number of hydrogen-bond donors (Lipinski definition) is 3. The van der Waals surface area contributed by atoms with Gasteiger partial charge in [0.15, 0.2) is 0 Å². The van der Waals surface area contributed by atoms with Crippen LogP contribution in [0.15, 0.2) is 41.5 Å². The highest BCUT2D eigenvalue weighted by Crippen LogP contribution is 2.38. The molecule has 2 saturated heterocycles. The normalized spacial score (nSPS) is 18.2. The van der Waals surface area contributed by atoms with Crippen LogP contribution in [0, 0.1) is 5.41 Å². The van der Waals surface area contributed by atoms with Crippen LogP contribution in [0.3, 0.4) is 0 Å². The van der Waals surface area contributed by atoms with Crippen molar-refractivity contribution in [1.82, 2.24) is 19.8 Å². The van der Waals surface area contributed by atoms with E-state index in [0.717, 1.165) is 73.4 Å². The van der Waals surface area contributed by atoms with Crippen LogP contribution in [0.2, 0.25) is 0 Å². The van der Waals surface area contributed by atoms with Gasteiger partial charge in [-0.25, -0.2) is 0 Å². The average Bonchev–Trinajstić information content (AvgIpc) is 3.34. The molecule has 2 fully saturated rings. The number of nitrogens with one attached hydrogen (secondary N) is 2. The molecule has 2 aromatic heterocycles. The number of H-pyrrole nitrogens is 1. The molecule has 0 aliphatic carbocycles. The van der Waals surface area contributed by atoms with Crippen LogP contribution in [0.5, 0.6) is 5.75 Å². The third-order valence-corrected chi connectivity index (χ3v) is 7.74. The molecule has 5 rings (SSSR count). The second-order valence-corrected chi connectivity index (χ2v) is 12.3. The summed E-state index contributed by atoms with van der Waals surface area (Å²) in [6.45, 7) is 13.5. The minimum Gasteiger partial charge on any atom is -0.492 e. The molecule has 8 nitrogen and oxygen atoms in total. The molecule has 0 amide bonds. The number of pyridine rings is 1. The number of nitrogens with zero attached hydrogens (tertiary/aromatic N) is 2. The predicted octanol–water partition coefficient (Wildman–Crippen LogP) is 3.62. The molecule has 206 valence electrons. The van der Waals surface area contributed by atoms with Crippen molar-refractivity contribution >= 4 is 10.9 Å². The number of rotatable bonds is 9. The first kappa shape index (κ1) is 26.9. The zero-order chi connectivity index (χ0) is 27.1. The molecular formula is C30H42N4O4. The Morgan fingerprint density at radius 2 is 1.79 bits per heavy atom. The van der Waals surface area contributed by atoms with Crippen LogP contribution in [0.25, 0.3) is 22.0 Å². The lowest BCUT2D eigenvalue weighted by atomic mass is 9.91. The van der Waals surface area contributed by atoms with Crippen LogP contribution < -0.4 is 15.6 Å². The van der Waals surface area contributed by atoms with E-state index in [1.54, 1.807) is 31.7 Å². The predicted molar refractivity (Wildman–Crippen MR) is 151 cm³/mol. The smallest absolute Gasteiger partial charge is 0.274 e. The maximum Gasteiger partial charge on any atom is 0.274 e. The molecule has 0 saturated carbocycles. The van der Waals surface area contributed by atoms with Crippen molar-refractivity contribution in [3.8, 4) is 16.9 Å². The van der Waals surface area contributed by atoms with Crippen LogP contribution in [-0.4, -0.2) is 71.1 Å². The van der Waals surface area contributed by atoms with Crippen LogP contribution >= 0.6 is 0 Å². The number of aliphatic hydroxyl groups is 1. The van der Waals surface area contributed by atoms with Crippen LogP contribution in [0.4, 0.5) is 0 Å². The lowest BCUT2D eigenvalue weighted by Gasteiger charge is -2.44. The van der Waals surface area contributed by atoms with Gasteiger partial charge in [-0.2, -0.15) is 0 Å². The Hall–Kier alpha value is -2.65. The standard InChI is InChI=1S/C30H42N4O4/c1-29(2,18-34-15-22(16-34)38-21-8-11-31-12-9-21)19-37-26-7-6-20(30(3,4)36)14-24(26)25-17-33(5)28(35)27-23(25)10-13-32-27/h6-7,10,13-14,17,21-22,31-32,36H,8-9,11-12,15-16,18-19H2,1-5H3. The number of hydrogen-bond acceptors (Lipinski definition) is 6. The van der Waals surface area contributed by atoms with Crippen molar-refractivity contribution < 1.29 is 14.6 Å². The van der Waals surface area contributed by atoms with Crippen molar-refractivity contribution in [2.24, 2.45) is 12.5 Å². The number of aromatic amines is 1. The zero-order valence-corrected chi connectivity index (χ0v) is 23.3. The van der Waals surface area contributed by atoms with E-state index in [0.29, 0.717) is 24.3 Å². The highest BCUT2D eigenvalue weighted by atomic mass is 16.5. The summed E-state index contributed by atoms with van der Waals surface area (Å²) in [5.74, 6) is 0.739. The van der Waals surface area contributed by atoms with E-state index in [1.165, 1.54) is 0 Å². The minimum atomic E-state index is -1.01. The Bertz CT molecular complexity index is 1320. The molecule has 3 N–H and O–H groups in total. The van der Waals surface area contributed by atoms with E-state index < -0.39 is 5.60 Å². The maximum atomic E-state index is 12.7. The van der Waals surface area contributed by atoms with Crippen molar-refractivity contribution in [1.29, 1.82) is 0 Å². The third-order valence-electron chi connectivity index (χ3n) is 7.74. The van der Waals surface area contributed by atoms with Crippen molar-refractivity contribution in [3.63, 3.8) is 0 Å². The second kappa shape index (κ2) is 10.5. The fraction of sp³-hybridized carbons (Fsp3) is 0.567. The van der Waals surface area contributed by atoms with Gasteiger partial charge in [0.05, 0.1) is 24.4 Å². The molecule has 0 atom stereocenters. The third kappa shape index (κ3) is 5.83. The summed E-state index contributed by atoms with van der Waals surface area (Å²) in [5.41, 5.74) is 1.95. The Morgan fingerprint density at radius 3 is 2.50 bits per heavy atom. The lowest BCUT2D eigenvalue weighted by molar-refractivity contribution is -0.108. The van der Waals surface area contributed by atoms with Gasteiger partial charge in [0.2, 0.25) is 0 Å². The molecule has 0 unspecified atom stereocenters. The molecule has 4 heterocycles. The second-order valence-electron chi connectivity index (χ2n) is 12.3. The Balaban J connectivity index is 1.31. The van der Waals surface area contributed by atoms with Crippen LogP contribution in [-0.2, 0) is 17.4 Å². The fourth-order valence-electron chi connectivity index (χ4n) is 5.60. The molecule has 1 aromatic carbocycles. The number of ether oxygens (including phenoxy) is 2.